The van der Waals surface area contributed by atoms with E-state index in [1.165, 1.54) is 24.8 Å². The van der Waals surface area contributed by atoms with E-state index in [1.54, 1.807) is 0 Å². The SMILES string of the molecule is NC(=O)C(N)CNCCC1=CCCC1. The van der Waals surface area contributed by atoms with Crippen LogP contribution in [0.25, 0.3) is 0 Å². The highest BCUT2D eigenvalue weighted by molar-refractivity contribution is 5.79. The van der Waals surface area contributed by atoms with Crippen molar-refractivity contribution in [2.45, 2.75) is 31.7 Å². The molecular weight excluding hydrogens is 178 g/mol. The monoisotopic (exact) mass is 197 g/mol. The fraction of sp³-hybridized carbons (Fsp3) is 0.700. The molecule has 1 aliphatic carbocycles. The van der Waals surface area contributed by atoms with Gasteiger partial charge in [0.25, 0.3) is 0 Å². The van der Waals surface area contributed by atoms with Crippen LogP contribution in [0.4, 0.5) is 0 Å². The van der Waals surface area contributed by atoms with E-state index in [0.717, 1.165) is 13.0 Å². The van der Waals surface area contributed by atoms with Crippen molar-refractivity contribution in [1.82, 2.24) is 5.32 Å². The Hall–Kier alpha value is -0.870. The van der Waals surface area contributed by atoms with E-state index in [4.69, 9.17) is 11.5 Å². The molecule has 1 rings (SSSR count). The third-order valence-electron chi connectivity index (χ3n) is 2.49. The summed E-state index contributed by atoms with van der Waals surface area (Å²) in [5, 5.41) is 3.13. The first-order chi connectivity index (χ1) is 6.70. The van der Waals surface area contributed by atoms with Crippen molar-refractivity contribution in [2.24, 2.45) is 11.5 Å². The third-order valence-corrected chi connectivity index (χ3v) is 2.49. The number of allylic oxidation sites excluding steroid dienone is 1. The Labute approximate surface area is 84.7 Å². The fourth-order valence-electron chi connectivity index (χ4n) is 1.57. The summed E-state index contributed by atoms with van der Waals surface area (Å²) in [6, 6.07) is -0.562. The molecule has 0 aromatic heterocycles. The number of hydrogen-bond donors (Lipinski definition) is 3. The Balaban J connectivity index is 2.01. The normalized spacial score (nSPS) is 17.9. The Bertz CT molecular complexity index is 225. The van der Waals surface area contributed by atoms with Gasteiger partial charge < -0.3 is 16.8 Å². The summed E-state index contributed by atoms with van der Waals surface area (Å²) in [7, 11) is 0. The zero-order valence-corrected chi connectivity index (χ0v) is 8.46. The molecule has 0 saturated carbocycles. The molecule has 0 heterocycles. The first kappa shape index (κ1) is 11.2. The molecule has 0 aromatic carbocycles. The molecule has 5 N–H and O–H groups in total. The standard InChI is InChI=1S/C10H19N3O/c11-9(10(12)14)7-13-6-5-8-3-1-2-4-8/h3,9,13H,1-2,4-7,11H2,(H2,12,14). The van der Waals surface area contributed by atoms with Gasteiger partial charge in [0.05, 0.1) is 6.04 Å². The van der Waals surface area contributed by atoms with Crippen molar-refractivity contribution in [2.75, 3.05) is 13.1 Å². The van der Waals surface area contributed by atoms with Crippen molar-refractivity contribution < 1.29 is 4.79 Å². The lowest BCUT2D eigenvalue weighted by atomic mass is 10.1. The molecule has 1 aliphatic rings. The van der Waals surface area contributed by atoms with Crippen LogP contribution < -0.4 is 16.8 Å². The molecule has 0 radical (unpaired) electrons. The number of hydrogen-bond acceptors (Lipinski definition) is 3. The predicted molar refractivity (Wildman–Crippen MR) is 56.6 cm³/mol. The summed E-state index contributed by atoms with van der Waals surface area (Å²) < 4.78 is 0. The topological polar surface area (TPSA) is 81.1 Å². The van der Waals surface area contributed by atoms with E-state index in [1.807, 2.05) is 0 Å². The molecule has 1 unspecified atom stereocenters. The Morgan fingerprint density at radius 1 is 1.64 bits per heavy atom. The smallest absolute Gasteiger partial charge is 0.235 e. The Morgan fingerprint density at radius 2 is 2.43 bits per heavy atom. The summed E-state index contributed by atoms with van der Waals surface area (Å²) >= 11 is 0. The highest BCUT2D eigenvalue weighted by Crippen LogP contribution is 2.19. The fourth-order valence-corrected chi connectivity index (χ4v) is 1.57. The number of carbonyl (C=O) groups excluding carboxylic acids is 1. The van der Waals surface area contributed by atoms with Crippen LogP contribution in [-0.2, 0) is 4.79 Å². The lowest BCUT2D eigenvalue weighted by Gasteiger charge is -2.09. The van der Waals surface area contributed by atoms with Crippen LogP contribution in [0.2, 0.25) is 0 Å². The summed E-state index contributed by atoms with van der Waals surface area (Å²) in [6.07, 6.45) is 7.09. The summed E-state index contributed by atoms with van der Waals surface area (Å²) in [4.78, 5) is 10.6. The second kappa shape index (κ2) is 5.78. The summed E-state index contributed by atoms with van der Waals surface area (Å²) in [5.74, 6) is -0.447. The molecule has 4 nitrogen and oxygen atoms in total. The molecule has 80 valence electrons. The third kappa shape index (κ3) is 3.89. The molecular formula is C10H19N3O. The van der Waals surface area contributed by atoms with Crippen molar-refractivity contribution in [3.63, 3.8) is 0 Å². The van der Waals surface area contributed by atoms with Gasteiger partial charge in [-0.2, -0.15) is 0 Å². The molecule has 0 saturated heterocycles. The van der Waals surface area contributed by atoms with Crippen LogP contribution in [0.3, 0.4) is 0 Å². The van der Waals surface area contributed by atoms with Crippen molar-refractivity contribution in [3.05, 3.63) is 11.6 Å². The largest absolute Gasteiger partial charge is 0.368 e. The maximum Gasteiger partial charge on any atom is 0.235 e. The van der Waals surface area contributed by atoms with Crippen LogP contribution in [0.15, 0.2) is 11.6 Å². The van der Waals surface area contributed by atoms with Crippen molar-refractivity contribution in [3.8, 4) is 0 Å². The van der Waals surface area contributed by atoms with E-state index in [2.05, 4.69) is 11.4 Å². The van der Waals surface area contributed by atoms with Gasteiger partial charge in [0.2, 0.25) is 5.91 Å². The van der Waals surface area contributed by atoms with Gasteiger partial charge in [0.1, 0.15) is 0 Å². The number of nitrogens with one attached hydrogen (secondary N) is 1. The average molecular weight is 197 g/mol. The average Bonchev–Trinajstić information content (AvgIpc) is 2.64. The van der Waals surface area contributed by atoms with Gasteiger partial charge in [-0.1, -0.05) is 11.6 Å². The van der Waals surface area contributed by atoms with Crippen molar-refractivity contribution >= 4 is 5.91 Å². The van der Waals surface area contributed by atoms with E-state index < -0.39 is 11.9 Å². The lowest BCUT2D eigenvalue weighted by molar-refractivity contribution is -0.119. The van der Waals surface area contributed by atoms with Crippen molar-refractivity contribution in [1.29, 1.82) is 0 Å². The number of amides is 1. The van der Waals surface area contributed by atoms with Crippen LogP contribution in [-0.4, -0.2) is 25.0 Å². The van der Waals surface area contributed by atoms with Gasteiger partial charge in [0, 0.05) is 6.54 Å². The minimum Gasteiger partial charge on any atom is -0.368 e. The van der Waals surface area contributed by atoms with Gasteiger partial charge in [-0.25, -0.2) is 0 Å². The van der Waals surface area contributed by atoms with Crippen LogP contribution in [0, 0.1) is 0 Å². The van der Waals surface area contributed by atoms with Gasteiger partial charge in [0.15, 0.2) is 0 Å². The first-order valence-electron chi connectivity index (χ1n) is 5.13. The van der Waals surface area contributed by atoms with Crippen LogP contribution in [0.1, 0.15) is 25.7 Å². The maximum absolute atomic E-state index is 10.6. The molecule has 1 amide bonds. The zero-order valence-electron chi connectivity index (χ0n) is 8.46. The second-order valence-corrected chi connectivity index (χ2v) is 3.72. The molecule has 0 bridgehead atoms. The van der Waals surface area contributed by atoms with E-state index in [0.29, 0.717) is 6.54 Å². The minimum atomic E-state index is -0.562. The predicted octanol–water partition coefficient (Wildman–Crippen LogP) is -0.111. The Morgan fingerprint density at radius 3 is 3.00 bits per heavy atom. The minimum absolute atomic E-state index is 0.447. The van der Waals surface area contributed by atoms with Gasteiger partial charge in [-0.3, -0.25) is 4.79 Å². The second-order valence-electron chi connectivity index (χ2n) is 3.72. The molecule has 1 atom stereocenters. The number of primary amides is 1. The van der Waals surface area contributed by atoms with Crippen LogP contribution >= 0.6 is 0 Å². The number of nitrogens with two attached hydrogens (primary N) is 2. The zero-order chi connectivity index (χ0) is 10.4. The molecule has 0 spiro atoms. The lowest BCUT2D eigenvalue weighted by Crippen LogP contribution is -2.44. The maximum atomic E-state index is 10.6. The number of rotatable bonds is 6. The summed E-state index contributed by atoms with van der Waals surface area (Å²) in [6.45, 7) is 1.36. The summed E-state index contributed by atoms with van der Waals surface area (Å²) in [5.41, 5.74) is 12.0. The molecule has 0 fully saturated rings. The quantitative estimate of drug-likeness (QED) is 0.410. The first-order valence-corrected chi connectivity index (χ1v) is 5.13. The van der Waals surface area contributed by atoms with E-state index in [-0.39, 0.29) is 0 Å². The van der Waals surface area contributed by atoms with E-state index in [9.17, 15) is 4.79 Å². The van der Waals surface area contributed by atoms with Crippen LogP contribution in [0.5, 0.6) is 0 Å². The highest BCUT2D eigenvalue weighted by Gasteiger charge is 2.08. The molecule has 0 aromatic rings. The van der Waals surface area contributed by atoms with Gasteiger partial charge >= 0.3 is 0 Å². The molecule has 14 heavy (non-hydrogen) atoms. The Kier molecular flexibility index (Phi) is 4.62. The molecule has 0 aliphatic heterocycles. The van der Waals surface area contributed by atoms with Gasteiger partial charge in [-0.15, -0.1) is 0 Å². The van der Waals surface area contributed by atoms with E-state index >= 15 is 0 Å². The van der Waals surface area contributed by atoms with Gasteiger partial charge in [-0.05, 0) is 32.2 Å². The highest BCUT2D eigenvalue weighted by atomic mass is 16.1. The molecule has 4 heteroatoms. The number of carbonyl (C=O) groups is 1.